The van der Waals surface area contributed by atoms with Gasteiger partial charge in [0.15, 0.2) is 0 Å². The highest BCUT2D eigenvalue weighted by atomic mass is 16.1. The van der Waals surface area contributed by atoms with E-state index in [0.717, 1.165) is 18.9 Å². The molecule has 0 spiro atoms. The molecule has 0 aromatic heterocycles. The molecule has 0 aliphatic carbocycles. The van der Waals surface area contributed by atoms with E-state index in [0.29, 0.717) is 6.04 Å². The van der Waals surface area contributed by atoms with Crippen LogP contribution in [0.2, 0.25) is 0 Å². The van der Waals surface area contributed by atoms with Crippen LogP contribution in [0.1, 0.15) is 59.8 Å². The van der Waals surface area contributed by atoms with Gasteiger partial charge < -0.3 is 10.2 Å². The molecule has 2 unspecified atom stereocenters. The van der Waals surface area contributed by atoms with Crippen LogP contribution in [0.4, 0.5) is 0 Å². The summed E-state index contributed by atoms with van der Waals surface area (Å²) in [5.41, 5.74) is 0. The van der Waals surface area contributed by atoms with Crippen molar-refractivity contribution in [2.75, 3.05) is 19.6 Å². The van der Waals surface area contributed by atoms with Gasteiger partial charge in [-0.05, 0) is 31.7 Å². The Morgan fingerprint density at radius 1 is 1.26 bits per heavy atom. The summed E-state index contributed by atoms with van der Waals surface area (Å²) >= 11 is 0. The van der Waals surface area contributed by atoms with Gasteiger partial charge >= 0.3 is 0 Å². The Hall–Kier alpha value is -0.570. The van der Waals surface area contributed by atoms with Crippen molar-refractivity contribution in [2.45, 2.75) is 65.8 Å². The van der Waals surface area contributed by atoms with Crippen LogP contribution in [0.25, 0.3) is 0 Å². The number of carbonyl (C=O) groups excluding carboxylic acids is 1. The molecule has 1 fully saturated rings. The van der Waals surface area contributed by atoms with Crippen molar-refractivity contribution in [3.05, 3.63) is 0 Å². The summed E-state index contributed by atoms with van der Waals surface area (Å²) in [7, 11) is 0. The summed E-state index contributed by atoms with van der Waals surface area (Å²) < 4.78 is 0. The zero-order chi connectivity index (χ0) is 14.3. The Morgan fingerprint density at radius 3 is 2.58 bits per heavy atom. The lowest BCUT2D eigenvalue weighted by molar-refractivity contribution is -0.125. The predicted octanol–water partition coefficient (Wildman–Crippen LogP) is 3.05. The SMILES string of the molecule is CCCCN1CC(CCC)CC(NC(=O)C(C)C)C1. The predicted molar refractivity (Wildman–Crippen MR) is 81.1 cm³/mol. The number of rotatable bonds is 7. The van der Waals surface area contributed by atoms with E-state index >= 15 is 0 Å². The van der Waals surface area contributed by atoms with Crippen molar-refractivity contribution in [3.8, 4) is 0 Å². The third kappa shape index (κ3) is 5.94. The molecule has 1 aliphatic rings. The van der Waals surface area contributed by atoms with Crippen LogP contribution in [0.5, 0.6) is 0 Å². The number of hydrogen-bond acceptors (Lipinski definition) is 2. The van der Waals surface area contributed by atoms with Crippen LogP contribution in [-0.4, -0.2) is 36.5 Å². The lowest BCUT2D eigenvalue weighted by Crippen LogP contribution is -2.51. The van der Waals surface area contributed by atoms with Crippen LogP contribution < -0.4 is 5.32 Å². The molecule has 1 heterocycles. The number of nitrogens with zero attached hydrogens (tertiary/aromatic N) is 1. The second-order valence-corrected chi connectivity index (χ2v) is 6.36. The number of piperidine rings is 1. The fourth-order valence-corrected chi connectivity index (χ4v) is 2.96. The van der Waals surface area contributed by atoms with E-state index in [1.165, 1.54) is 38.8 Å². The van der Waals surface area contributed by atoms with Crippen LogP contribution in [-0.2, 0) is 4.79 Å². The molecule has 19 heavy (non-hydrogen) atoms. The van der Waals surface area contributed by atoms with Gasteiger partial charge in [-0.1, -0.05) is 40.5 Å². The molecule has 112 valence electrons. The first-order valence-corrected chi connectivity index (χ1v) is 8.09. The van der Waals surface area contributed by atoms with Gasteiger partial charge in [-0.2, -0.15) is 0 Å². The van der Waals surface area contributed by atoms with Gasteiger partial charge in [0.05, 0.1) is 0 Å². The third-order valence-corrected chi connectivity index (χ3v) is 4.01. The second-order valence-electron chi connectivity index (χ2n) is 6.36. The molecule has 3 nitrogen and oxygen atoms in total. The molecule has 1 aliphatic heterocycles. The van der Waals surface area contributed by atoms with Crippen molar-refractivity contribution >= 4 is 5.91 Å². The average Bonchev–Trinajstić information content (AvgIpc) is 2.36. The van der Waals surface area contributed by atoms with E-state index in [1.54, 1.807) is 0 Å². The topological polar surface area (TPSA) is 32.3 Å². The maximum atomic E-state index is 11.9. The number of unbranched alkanes of at least 4 members (excludes halogenated alkanes) is 1. The molecule has 0 aromatic carbocycles. The standard InChI is InChI=1S/C16H32N2O/c1-5-7-9-18-11-14(8-6-2)10-15(12-18)17-16(19)13(3)4/h13-15H,5-12H2,1-4H3,(H,17,19). The molecule has 1 rings (SSSR count). The Kier molecular flexibility index (Phi) is 7.44. The Labute approximate surface area is 119 Å². The first-order valence-electron chi connectivity index (χ1n) is 8.09. The maximum absolute atomic E-state index is 11.9. The zero-order valence-corrected chi connectivity index (χ0v) is 13.2. The van der Waals surface area contributed by atoms with E-state index < -0.39 is 0 Å². The van der Waals surface area contributed by atoms with E-state index in [2.05, 4.69) is 24.1 Å². The summed E-state index contributed by atoms with van der Waals surface area (Å²) in [6, 6.07) is 0.358. The average molecular weight is 268 g/mol. The monoisotopic (exact) mass is 268 g/mol. The van der Waals surface area contributed by atoms with Gasteiger partial charge in [0.25, 0.3) is 0 Å². The summed E-state index contributed by atoms with van der Waals surface area (Å²) in [5, 5.41) is 3.23. The van der Waals surface area contributed by atoms with Gasteiger partial charge in [0.2, 0.25) is 5.91 Å². The van der Waals surface area contributed by atoms with Gasteiger partial charge in [0.1, 0.15) is 0 Å². The minimum atomic E-state index is 0.0932. The van der Waals surface area contributed by atoms with E-state index in [1.807, 2.05) is 13.8 Å². The fraction of sp³-hybridized carbons (Fsp3) is 0.938. The first kappa shape index (κ1) is 16.5. The molecule has 1 N–H and O–H groups in total. The molecule has 1 amide bonds. The molecule has 0 bridgehead atoms. The lowest BCUT2D eigenvalue weighted by Gasteiger charge is -2.38. The highest BCUT2D eigenvalue weighted by Crippen LogP contribution is 2.22. The molecule has 0 saturated carbocycles. The van der Waals surface area contributed by atoms with Crippen molar-refractivity contribution in [1.29, 1.82) is 0 Å². The number of likely N-dealkylation sites (tertiary alicyclic amines) is 1. The largest absolute Gasteiger partial charge is 0.352 e. The quantitative estimate of drug-likeness (QED) is 0.769. The summed E-state index contributed by atoms with van der Waals surface area (Å²) in [4.78, 5) is 14.4. The number of carbonyl (C=O) groups is 1. The summed E-state index contributed by atoms with van der Waals surface area (Å²) in [6.45, 7) is 11.9. The van der Waals surface area contributed by atoms with Crippen molar-refractivity contribution in [3.63, 3.8) is 0 Å². The minimum absolute atomic E-state index is 0.0932. The zero-order valence-electron chi connectivity index (χ0n) is 13.2. The Balaban J connectivity index is 2.51. The van der Waals surface area contributed by atoms with E-state index in [9.17, 15) is 4.79 Å². The van der Waals surface area contributed by atoms with Gasteiger partial charge in [-0.15, -0.1) is 0 Å². The van der Waals surface area contributed by atoms with Crippen molar-refractivity contribution in [1.82, 2.24) is 10.2 Å². The summed E-state index contributed by atoms with van der Waals surface area (Å²) in [6.07, 6.45) is 6.21. The number of amides is 1. The number of hydrogen-bond donors (Lipinski definition) is 1. The molecule has 0 radical (unpaired) electrons. The van der Waals surface area contributed by atoms with Gasteiger partial charge in [0, 0.05) is 25.0 Å². The molecule has 3 heteroatoms. The molecular formula is C16H32N2O. The van der Waals surface area contributed by atoms with Gasteiger partial charge in [-0.3, -0.25) is 4.79 Å². The second kappa shape index (κ2) is 8.57. The molecule has 2 atom stereocenters. The molecule has 0 aromatic rings. The molecular weight excluding hydrogens is 236 g/mol. The highest BCUT2D eigenvalue weighted by Gasteiger charge is 2.27. The maximum Gasteiger partial charge on any atom is 0.222 e. The third-order valence-electron chi connectivity index (χ3n) is 4.01. The van der Waals surface area contributed by atoms with Crippen LogP contribution in [0.15, 0.2) is 0 Å². The van der Waals surface area contributed by atoms with Crippen LogP contribution in [0.3, 0.4) is 0 Å². The normalized spacial score (nSPS) is 24.7. The molecule has 1 saturated heterocycles. The van der Waals surface area contributed by atoms with Gasteiger partial charge in [-0.25, -0.2) is 0 Å². The van der Waals surface area contributed by atoms with E-state index in [4.69, 9.17) is 0 Å². The Bertz CT molecular complexity index is 265. The lowest BCUT2D eigenvalue weighted by atomic mass is 9.90. The Morgan fingerprint density at radius 2 is 2.00 bits per heavy atom. The van der Waals surface area contributed by atoms with Crippen LogP contribution >= 0.6 is 0 Å². The van der Waals surface area contributed by atoms with Crippen molar-refractivity contribution in [2.24, 2.45) is 11.8 Å². The van der Waals surface area contributed by atoms with E-state index in [-0.39, 0.29) is 11.8 Å². The first-order chi connectivity index (χ1) is 9.06. The smallest absolute Gasteiger partial charge is 0.222 e. The van der Waals surface area contributed by atoms with Crippen molar-refractivity contribution < 1.29 is 4.79 Å². The number of nitrogens with one attached hydrogen (secondary N) is 1. The minimum Gasteiger partial charge on any atom is -0.352 e. The van der Waals surface area contributed by atoms with Crippen LogP contribution in [0, 0.1) is 11.8 Å². The highest BCUT2D eigenvalue weighted by molar-refractivity contribution is 5.78. The fourth-order valence-electron chi connectivity index (χ4n) is 2.96. The summed E-state index contributed by atoms with van der Waals surface area (Å²) in [5.74, 6) is 1.06.